The number of ether oxygens (including phenoxy) is 1. The van der Waals surface area contributed by atoms with Crippen molar-refractivity contribution >= 4 is 5.97 Å². The molecule has 0 aliphatic heterocycles. The molecule has 0 N–H and O–H groups in total. The molecule has 0 amide bonds. The van der Waals surface area contributed by atoms with E-state index in [0.29, 0.717) is 5.92 Å². The van der Waals surface area contributed by atoms with E-state index in [9.17, 15) is 14.9 Å². The standard InChI is InChI=1S/C13H19NO4/c1-3-9-4-10-6-13(8-14(16)17,11(10)5-9)7-12(15)18-2/h5,10-11H,3-4,6-8H2,1-2H3/t10-,11-,13+/m1/s1. The Hall–Kier alpha value is -1.39. The number of rotatable bonds is 5. The molecule has 0 unspecified atom stereocenters. The topological polar surface area (TPSA) is 69.4 Å². The lowest BCUT2D eigenvalue weighted by Gasteiger charge is -2.49. The van der Waals surface area contributed by atoms with Gasteiger partial charge in [-0.3, -0.25) is 14.9 Å². The summed E-state index contributed by atoms with van der Waals surface area (Å²) in [4.78, 5) is 22.0. The van der Waals surface area contributed by atoms with Crippen LogP contribution in [-0.4, -0.2) is 24.5 Å². The second-order valence-corrected chi connectivity index (χ2v) is 5.48. The Labute approximate surface area is 106 Å². The van der Waals surface area contributed by atoms with Crippen LogP contribution in [0.3, 0.4) is 0 Å². The maximum Gasteiger partial charge on any atom is 0.306 e. The lowest BCUT2D eigenvalue weighted by molar-refractivity contribution is -0.505. The third kappa shape index (κ3) is 2.13. The normalized spacial score (nSPS) is 33.3. The summed E-state index contributed by atoms with van der Waals surface area (Å²) in [5.41, 5.74) is 0.873. The molecule has 2 rings (SSSR count). The van der Waals surface area contributed by atoms with Gasteiger partial charge in [-0.1, -0.05) is 18.6 Å². The Morgan fingerprint density at radius 2 is 2.39 bits per heavy atom. The first-order valence-corrected chi connectivity index (χ1v) is 6.39. The largest absolute Gasteiger partial charge is 0.469 e. The molecular weight excluding hydrogens is 234 g/mol. The van der Waals surface area contributed by atoms with Crippen molar-refractivity contribution < 1.29 is 14.5 Å². The fourth-order valence-electron chi connectivity index (χ4n) is 3.59. The number of hydrogen-bond donors (Lipinski definition) is 0. The van der Waals surface area contributed by atoms with Crippen LogP contribution in [0.2, 0.25) is 0 Å². The van der Waals surface area contributed by atoms with Gasteiger partial charge in [-0.15, -0.1) is 0 Å². The van der Waals surface area contributed by atoms with Crippen molar-refractivity contribution in [2.75, 3.05) is 13.7 Å². The van der Waals surface area contributed by atoms with Gasteiger partial charge >= 0.3 is 5.97 Å². The number of esters is 1. The number of allylic oxidation sites excluding steroid dienone is 2. The molecule has 0 aromatic rings. The van der Waals surface area contributed by atoms with Crippen LogP contribution in [-0.2, 0) is 9.53 Å². The van der Waals surface area contributed by atoms with Crippen LogP contribution in [0, 0.1) is 27.4 Å². The molecule has 3 atom stereocenters. The van der Waals surface area contributed by atoms with E-state index in [1.54, 1.807) is 0 Å². The van der Waals surface area contributed by atoms with Gasteiger partial charge in [0.1, 0.15) is 0 Å². The Balaban J connectivity index is 2.15. The second-order valence-electron chi connectivity index (χ2n) is 5.48. The number of fused-ring (bicyclic) bond motifs is 1. The molecule has 100 valence electrons. The van der Waals surface area contributed by atoms with Crippen LogP contribution in [0.25, 0.3) is 0 Å². The maximum absolute atomic E-state index is 11.5. The predicted molar refractivity (Wildman–Crippen MR) is 65.5 cm³/mol. The van der Waals surface area contributed by atoms with Crippen LogP contribution in [0.1, 0.15) is 32.6 Å². The zero-order valence-electron chi connectivity index (χ0n) is 10.8. The molecule has 0 radical (unpaired) electrons. The molecule has 1 fully saturated rings. The smallest absolute Gasteiger partial charge is 0.306 e. The second kappa shape index (κ2) is 4.71. The maximum atomic E-state index is 11.5. The fraction of sp³-hybridized carbons (Fsp3) is 0.769. The zero-order chi connectivity index (χ0) is 13.3. The van der Waals surface area contributed by atoms with Crippen molar-refractivity contribution in [2.45, 2.75) is 32.6 Å². The molecule has 2 aliphatic rings. The molecule has 0 bridgehead atoms. The minimum atomic E-state index is -0.502. The summed E-state index contributed by atoms with van der Waals surface area (Å²) in [7, 11) is 1.33. The molecular formula is C13H19NO4. The third-order valence-electron chi connectivity index (χ3n) is 4.45. The Morgan fingerprint density at radius 1 is 1.67 bits per heavy atom. The van der Waals surface area contributed by atoms with Crippen molar-refractivity contribution in [3.8, 4) is 0 Å². The average Bonchev–Trinajstić information content (AvgIpc) is 2.65. The molecule has 0 aromatic carbocycles. The van der Waals surface area contributed by atoms with Gasteiger partial charge in [0.2, 0.25) is 6.54 Å². The number of nitrogens with zero attached hydrogens (tertiary/aromatic N) is 1. The minimum Gasteiger partial charge on any atom is -0.469 e. The Kier molecular flexibility index (Phi) is 3.41. The highest BCUT2D eigenvalue weighted by Crippen LogP contribution is 2.60. The molecule has 18 heavy (non-hydrogen) atoms. The summed E-state index contributed by atoms with van der Waals surface area (Å²) >= 11 is 0. The molecule has 1 saturated carbocycles. The van der Waals surface area contributed by atoms with E-state index in [1.807, 2.05) is 0 Å². The van der Waals surface area contributed by atoms with Crippen LogP contribution in [0.15, 0.2) is 11.6 Å². The van der Waals surface area contributed by atoms with Gasteiger partial charge in [0.15, 0.2) is 0 Å². The number of methoxy groups -OCH3 is 1. The van der Waals surface area contributed by atoms with Gasteiger partial charge < -0.3 is 4.74 Å². The van der Waals surface area contributed by atoms with Gasteiger partial charge in [-0.2, -0.15) is 0 Å². The lowest BCUT2D eigenvalue weighted by Crippen LogP contribution is -2.51. The van der Waals surface area contributed by atoms with Gasteiger partial charge in [-0.25, -0.2) is 0 Å². The van der Waals surface area contributed by atoms with Crippen LogP contribution in [0.4, 0.5) is 0 Å². The number of hydrogen-bond acceptors (Lipinski definition) is 4. The highest BCUT2D eigenvalue weighted by Gasteiger charge is 2.58. The highest BCUT2D eigenvalue weighted by atomic mass is 16.6. The summed E-state index contributed by atoms with van der Waals surface area (Å²) in [5, 5.41) is 10.8. The summed E-state index contributed by atoms with van der Waals surface area (Å²) in [5.74, 6) is 0.357. The third-order valence-corrected chi connectivity index (χ3v) is 4.45. The van der Waals surface area contributed by atoms with E-state index in [2.05, 4.69) is 17.7 Å². The first-order valence-electron chi connectivity index (χ1n) is 6.39. The summed E-state index contributed by atoms with van der Waals surface area (Å²) in [6.07, 6.45) is 5.15. The van der Waals surface area contributed by atoms with Gasteiger partial charge in [0.25, 0.3) is 0 Å². The van der Waals surface area contributed by atoms with Crippen molar-refractivity contribution in [3.63, 3.8) is 0 Å². The van der Waals surface area contributed by atoms with E-state index >= 15 is 0 Å². The van der Waals surface area contributed by atoms with Crippen molar-refractivity contribution in [1.82, 2.24) is 0 Å². The average molecular weight is 253 g/mol. The van der Waals surface area contributed by atoms with Crippen molar-refractivity contribution in [2.24, 2.45) is 17.3 Å². The van der Waals surface area contributed by atoms with Gasteiger partial charge in [-0.05, 0) is 31.1 Å². The number of carbonyl (C=O) groups is 1. The zero-order valence-corrected chi connectivity index (χ0v) is 10.8. The van der Waals surface area contributed by atoms with Crippen LogP contribution in [0.5, 0.6) is 0 Å². The minimum absolute atomic E-state index is 0.128. The first-order chi connectivity index (χ1) is 8.50. The van der Waals surface area contributed by atoms with E-state index < -0.39 is 5.41 Å². The molecule has 0 heterocycles. The fourth-order valence-corrected chi connectivity index (χ4v) is 3.59. The SMILES string of the molecule is CCC1=C[C@@H]2[C@H](C1)C[C@]2(CC(=O)OC)C[N+](=O)[O-]. The quantitative estimate of drug-likeness (QED) is 0.326. The molecule has 5 nitrogen and oxygen atoms in total. The van der Waals surface area contributed by atoms with Crippen molar-refractivity contribution in [3.05, 3.63) is 21.8 Å². The highest BCUT2D eigenvalue weighted by molar-refractivity contribution is 5.70. The molecule has 0 spiro atoms. The van der Waals surface area contributed by atoms with Crippen molar-refractivity contribution in [1.29, 1.82) is 0 Å². The van der Waals surface area contributed by atoms with E-state index in [1.165, 1.54) is 12.7 Å². The summed E-state index contributed by atoms with van der Waals surface area (Å²) in [6.45, 7) is 1.98. The van der Waals surface area contributed by atoms with Crippen LogP contribution >= 0.6 is 0 Å². The molecule has 5 heteroatoms. The lowest BCUT2D eigenvalue weighted by atomic mass is 9.53. The monoisotopic (exact) mass is 253 g/mol. The molecule has 0 aromatic heterocycles. The van der Waals surface area contributed by atoms with E-state index in [4.69, 9.17) is 0 Å². The predicted octanol–water partition coefficient (Wildman–Crippen LogP) is 2.19. The molecule has 2 aliphatic carbocycles. The Morgan fingerprint density at radius 3 is 2.94 bits per heavy atom. The summed E-state index contributed by atoms with van der Waals surface area (Å²) < 4.78 is 4.68. The van der Waals surface area contributed by atoms with E-state index in [0.717, 1.165) is 19.3 Å². The van der Waals surface area contributed by atoms with Crippen LogP contribution < -0.4 is 0 Å². The van der Waals surface area contributed by atoms with E-state index in [-0.39, 0.29) is 29.8 Å². The molecule has 0 saturated heterocycles. The Bertz CT molecular complexity index is 404. The summed E-state index contributed by atoms with van der Waals surface area (Å²) in [6, 6.07) is 0. The van der Waals surface area contributed by atoms with Gasteiger partial charge in [0.05, 0.1) is 18.9 Å². The first kappa shape index (κ1) is 13.1. The number of carbonyl (C=O) groups excluding carboxylic acids is 1. The van der Waals surface area contributed by atoms with Gasteiger partial charge in [0, 0.05) is 4.92 Å². The number of nitro groups is 1.